The molecule has 0 fully saturated rings. The van der Waals surface area contributed by atoms with Crippen molar-refractivity contribution in [1.82, 2.24) is 5.32 Å². The van der Waals surface area contributed by atoms with Gasteiger partial charge in [-0.2, -0.15) is 0 Å². The SMILES string of the molecule is CCCC/C=C\CCCCCCCC(=O)NC(CO)C(O)/C=C/CCCCCCCCCCCCCCCCCC. The van der Waals surface area contributed by atoms with Crippen molar-refractivity contribution in [3.05, 3.63) is 24.3 Å². The van der Waals surface area contributed by atoms with Gasteiger partial charge in [0.25, 0.3) is 0 Å². The van der Waals surface area contributed by atoms with Gasteiger partial charge in [0.05, 0.1) is 18.8 Å². The van der Waals surface area contributed by atoms with Crippen molar-refractivity contribution in [3.63, 3.8) is 0 Å². The van der Waals surface area contributed by atoms with Gasteiger partial charge >= 0.3 is 0 Å². The maximum absolute atomic E-state index is 12.3. The number of amides is 1. The Labute approximate surface area is 256 Å². The summed E-state index contributed by atoms with van der Waals surface area (Å²) in [5.41, 5.74) is 0. The van der Waals surface area contributed by atoms with Gasteiger partial charge in [0.2, 0.25) is 5.91 Å². The minimum atomic E-state index is -0.838. The maximum Gasteiger partial charge on any atom is 0.220 e. The number of rotatable bonds is 32. The van der Waals surface area contributed by atoms with Crippen molar-refractivity contribution < 1.29 is 15.0 Å². The molecule has 0 heterocycles. The Bertz CT molecular complexity index is 589. The van der Waals surface area contributed by atoms with Crippen LogP contribution in [0.5, 0.6) is 0 Å². The average molecular weight is 578 g/mol. The zero-order valence-electron chi connectivity index (χ0n) is 27.6. The zero-order chi connectivity index (χ0) is 30.1. The summed E-state index contributed by atoms with van der Waals surface area (Å²) >= 11 is 0. The van der Waals surface area contributed by atoms with Crippen LogP contribution in [0.15, 0.2) is 24.3 Å². The number of carbonyl (C=O) groups excluding carboxylic acids is 1. The summed E-state index contributed by atoms with van der Waals surface area (Å²) in [7, 11) is 0. The monoisotopic (exact) mass is 578 g/mol. The highest BCUT2D eigenvalue weighted by atomic mass is 16.3. The quantitative estimate of drug-likeness (QED) is 0.0550. The maximum atomic E-state index is 12.3. The van der Waals surface area contributed by atoms with Crippen molar-refractivity contribution in [1.29, 1.82) is 0 Å². The molecule has 0 radical (unpaired) electrons. The molecular weight excluding hydrogens is 506 g/mol. The van der Waals surface area contributed by atoms with Gasteiger partial charge in [0.1, 0.15) is 0 Å². The fourth-order valence-corrected chi connectivity index (χ4v) is 5.33. The first-order chi connectivity index (χ1) is 20.2. The van der Waals surface area contributed by atoms with Crippen LogP contribution < -0.4 is 5.32 Å². The van der Waals surface area contributed by atoms with Gasteiger partial charge < -0.3 is 15.5 Å². The molecule has 0 aromatic rings. The molecule has 242 valence electrons. The third-order valence-electron chi connectivity index (χ3n) is 8.18. The second kappa shape index (κ2) is 33.4. The van der Waals surface area contributed by atoms with Gasteiger partial charge in [-0.3, -0.25) is 4.79 Å². The molecule has 4 heteroatoms. The van der Waals surface area contributed by atoms with Crippen LogP contribution in [-0.2, 0) is 4.79 Å². The lowest BCUT2D eigenvalue weighted by Crippen LogP contribution is -2.45. The molecule has 4 nitrogen and oxygen atoms in total. The van der Waals surface area contributed by atoms with Crippen LogP contribution in [0.25, 0.3) is 0 Å². The molecule has 0 aliphatic rings. The molecule has 0 spiro atoms. The molecule has 0 saturated heterocycles. The normalized spacial score (nSPS) is 13.4. The minimum absolute atomic E-state index is 0.0758. The summed E-state index contributed by atoms with van der Waals surface area (Å²) in [6.45, 7) is 4.26. The Morgan fingerprint density at radius 1 is 0.561 bits per heavy atom. The number of carbonyl (C=O) groups is 1. The lowest BCUT2D eigenvalue weighted by Gasteiger charge is -2.20. The molecule has 2 unspecified atom stereocenters. The summed E-state index contributed by atoms with van der Waals surface area (Å²) < 4.78 is 0. The zero-order valence-corrected chi connectivity index (χ0v) is 27.6. The average Bonchev–Trinajstić information content (AvgIpc) is 2.97. The van der Waals surface area contributed by atoms with Crippen LogP contribution in [0.1, 0.15) is 187 Å². The molecule has 41 heavy (non-hydrogen) atoms. The van der Waals surface area contributed by atoms with E-state index in [2.05, 4.69) is 31.3 Å². The van der Waals surface area contributed by atoms with Crippen LogP contribution >= 0.6 is 0 Å². The Balaban J connectivity index is 3.61. The Morgan fingerprint density at radius 2 is 0.951 bits per heavy atom. The molecule has 0 rings (SSSR count). The van der Waals surface area contributed by atoms with Gasteiger partial charge in [-0.25, -0.2) is 0 Å². The number of nitrogens with one attached hydrogen (secondary N) is 1. The van der Waals surface area contributed by atoms with Crippen molar-refractivity contribution in [2.45, 2.75) is 199 Å². The summed E-state index contributed by atoms with van der Waals surface area (Å²) in [5, 5.41) is 22.8. The first kappa shape index (κ1) is 39.9. The van der Waals surface area contributed by atoms with E-state index in [1.807, 2.05) is 6.08 Å². The van der Waals surface area contributed by atoms with Crippen LogP contribution in [-0.4, -0.2) is 34.9 Å². The molecule has 0 aliphatic carbocycles. The smallest absolute Gasteiger partial charge is 0.220 e. The molecule has 0 aromatic heterocycles. The number of aliphatic hydroxyl groups is 2. The van der Waals surface area contributed by atoms with E-state index in [0.29, 0.717) is 6.42 Å². The lowest BCUT2D eigenvalue weighted by atomic mass is 10.0. The van der Waals surface area contributed by atoms with Crippen LogP contribution in [0.2, 0.25) is 0 Å². The number of unbranched alkanes of at least 4 members (excludes halogenated alkanes) is 23. The van der Waals surface area contributed by atoms with E-state index >= 15 is 0 Å². The van der Waals surface area contributed by atoms with E-state index in [1.54, 1.807) is 6.08 Å². The van der Waals surface area contributed by atoms with Crippen molar-refractivity contribution >= 4 is 5.91 Å². The molecule has 2 atom stereocenters. The summed E-state index contributed by atoms with van der Waals surface area (Å²) in [5.74, 6) is -0.0758. The first-order valence-electron chi connectivity index (χ1n) is 18.1. The van der Waals surface area contributed by atoms with Gasteiger partial charge in [-0.15, -0.1) is 0 Å². The van der Waals surface area contributed by atoms with Crippen molar-refractivity contribution in [2.75, 3.05) is 6.61 Å². The molecule has 0 saturated carbocycles. The molecule has 0 bridgehead atoms. The molecular formula is C37H71NO3. The van der Waals surface area contributed by atoms with Crippen molar-refractivity contribution in [2.24, 2.45) is 0 Å². The summed E-state index contributed by atoms with van der Waals surface area (Å²) in [6, 6.07) is -0.621. The number of hydrogen-bond acceptors (Lipinski definition) is 3. The van der Waals surface area contributed by atoms with Gasteiger partial charge in [0.15, 0.2) is 0 Å². The highest BCUT2D eigenvalue weighted by Gasteiger charge is 2.17. The second-order valence-corrected chi connectivity index (χ2v) is 12.3. The van der Waals surface area contributed by atoms with Gasteiger partial charge in [-0.1, -0.05) is 167 Å². The Hall–Kier alpha value is -1.13. The predicted molar refractivity (Wildman–Crippen MR) is 179 cm³/mol. The number of allylic oxidation sites excluding steroid dienone is 3. The largest absolute Gasteiger partial charge is 0.394 e. The predicted octanol–water partition coefficient (Wildman–Crippen LogP) is 10.5. The highest BCUT2D eigenvalue weighted by Crippen LogP contribution is 2.14. The van der Waals surface area contributed by atoms with Gasteiger partial charge in [0, 0.05) is 6.42 Å². The fraction of sp³-hybridized carbons (Fsp3) is 0.865. The standard InChI is InChI=1S/C37H71NO3/c1-3-5-7-9-11-13-15-16-17-18-19-20-21-23-24-26-28-30-32-36(40)35(34-39)38-37(41)33-31-29-27-25-22-14-12-10-8-6-4-2/h10,12,30,32,35-36,39-40H,3-9,11,13-29,31,33-34H2,1-2H3,(H,38,41)/b12-10-,32-30+. The van der Waals surface area contributed by atoms with Crippen LogP contribution in [0.3, 0.4) is 0 Å². The fourth-order valence-electron chi connectivity index (χ4n) is 5.33. The molecule has 1 amide bonds. The summed E-state index contributed by atoms with van der Waals surface area (Å²) in [6.07, 6.45) is 41.2. The number of hydrogen-bond donors (Lipinski definition) is 3. The van der Waals surface area contributed by atoms with Gasteiger partial charge in [-0.05, 0) is 38.5 Å². The van der Waals surface area contributed by atoms with E-state index in [-0.39, 0.29) is 12.5 Å². The van der Waals surface area contributed by atoms with Crippen LogP contribution in [0, 0.1) is 0 Å². The Morgan fingerprint density at radius 3 is 1.41 bits per heavy atom. The number of aliphatic hydroxyl groups excluding tert-OH is 2. The third kappa shape index (κ3) is 30.1. The second-order valence-electron chi connectivity index (χ2n) is 12.3. The van der Waals surface area contributed by atoms with E-state index in [0.717, 1.165) is 38.5 Å². The summed E-state index contributed by atoms with van der Waals surface area (Å²) in [4.78, 5) is 12.3. The van der Waals surface area contributed by atoms with Crippen molar-refractivity contribution in [3.8, 4) is 0 Å². The van der Waals surface area contributed by atoms with E-state index in [1.165, 1.54) is 128 Å². The molecule has 3 N–H and O–H groups in total. The molecule has 0 aliphatic heterocycles. The highest BCUT2D eigenvalue weighted by molar-refractivity contribution is 5.76. The topological polar surface area (TPSA) is 69.6 Å². The minimum Gasteiger partial charge on any atom is -0.394 e. The first-order valence-corrected chi connectivity index (χ1v) is 18.1. The van der Waals surface area contributed by atoms with E-state index in [9.17, 15) is 15.0 Å². The van der Waals surface area contributed by atoms with E-state index in [4.69, 9.17) is 0 Å². The van der Waals surface area contributed by atoms with E-state index < -0.39 is 12.1 Å². The third-order valence-corrected chi connectivity index (χ3v) is 8.18. The van der Waals surface area contributed by atoms with Crippen LogP contribution in [0.4, 0.5) is 0 Å². The lowest BCUT2D eigenvalue weighted by molar-refractivity contribution is -0.123. The molecule has 0 aromatic carbocycles. The Kier molecular flexibility index (Phi) is 32.5.